The van der Waals surface area contributed by atoms with E-state index in [4.69, 9.17) is 9.47 Å². The summed E-state index contributed by atoms with van der Waals surface area (Å²) in [5.74, 6) is 0.740. The molecule has 0 aliphatic carbocycles. The molecule has 0 saturated carbocycles. The molecule has 0 aromatic heterocycles. The van der Waals surface area contributed by atoms with Gasteiger partial charge < -0.3 is 9.47 Å². The standard InChI is InChI=1S/C6H10O2/c1-2-8-6(1)5-3-7-4-5/h5-6H,1-4H2. The lowest BCUT2D eigenvalue weighted by molar-refractivity contribution is -0.163. The first-order chi connectivity index (χ1) is 3.97. The first-order valence-corrected chi connectivity index (χ1v) is 3.16. The van der Waals surface area contributed by atoms with Gasteiger partial charge in [0, 0.05) is 12.5 Å². The molecule has 1 unspecified atom stereocenters. The molecule has 0 aromatic rings. The monoisotopic (exact) mass is 114 g/mol. The summed E-state index contributed by atoms with van der Waals surface area (Å²) in [5.41, 5.74) is 0. The Labute approximate surface area is 48.8 Å². The van der Waals surface area contributed by atoms with Crippen molar-refractivity contribution in [1.82, 2.24) is 0 Å². The Morgan fingerprint density at radius 2 is 2.00 bits per heavy atom. The molecule has 2 aliphatic rings. The maximum absolute atomic E-state index is 5.25. The van der Waals surface area contributed by atoms with Crippen LogP contribution in [0, 0.1) is 5.92 Å². The van der Waals surface area contributed by atoms with Gasteiger partial charge in [-0.2, -0.15) is 0 Å². The Morgan fingerprint density at radius 3 is 2.12 bits per heavy atom. The summed E-state index contributed by atoms with van der Waals surface area (Å²) in [6, 6.07) is 0. The minimum atomic E-state index is 0.559. The van der Waals surface area contributed by atoms with E-state index < -0.39 is 0 Å². The minimum Gasteiger partial charge on any atom is -0.380 e. The number of hydrogen-bond donors (Lipinski definition) is 0. The van der Waals surface area contributed by atoms with Crippen LogP contribution < -0.4 is 0 Å². The van der Waals surface area contributed by atoms with E-state index >= 15 is 0 Å². The highest BCUT2D eigenvalue weighted by atomic mass is 16.5. The molecule has 2 heteroatoms. The molecule has 2 heterocycles. The summed E-state index contributed by atoms with van der Waals surface area (Å²) in [6.45, 7) is 2.84. The van der Waals surface area contributed by atoms with Crippen LogP contribution in [0.2, 0.25) is 0 Å². The van der Waals surface area contributed by atoms with Gasteiger partial charge in [-0.25, -0.2) is 0 Å². The van der Waals surface area contributed by atoms with Crippen molar-refractivity contribution in [1.29, 1.82) is 0 Å². The van der Waals surface area contributed by atoms with Gasteiger partial charge in [-0.3, -0.25) is 0 Å². The molecule has 0 aromatic carbocycles. The molecular weight excluding hydrogens is 104 g/mol. The lowest BCUT2D eigenvalue weighted by atomic mass is 9.95. The Bertz CT molecular complexity index is 72.5. The maximum atomic E-state index is 5.25. The molecule has 2 nitrogen and oxygen atoms in total. The normalized spacial score (nSPS) is 38.2. The van der Waals surface area contributed by atoms with Crippen molar-refractivity contribution in [3.05, 3.63) is 0 Å². The molecule has 2 rings (SSSR count). The SMILES string of the molecule is C1CC(C2COC2)O1. The summed E-state index contributed by atoms with van der Waals surface area (Å²) in [6.07, 6.45) is 1.82. The van der Waals surface area contributed by atoms with Crippen LogP contribution in [0.15, 0.2) is 0 Å². The van der Waals surface area contributed by atoms with E-state index in [0.29, 0.717) is 6.10 Å². The van der Waals surface area contributed by atoms with Gasteiger partial charge in [0.25, 0.3) is 0 Å². The summed E-state index contributed by atoms with van der Waals surface area (Å²) in [7, 11) is 0. The molecule has 0 N–H and O–H groups in total. The third kappa shape index (κ3) is 0.565. The van der Waals surface area contributed by atoms with Crippen LogP contribution in [-0.2, 0) is 9.47 Å². The number of hydrogen-bond acceptors (Lipinski definition) is 2. The number of ether oxygens (including phenoxy) is 2. The molecule has 2 saturated heterocycles. The van der Waals surface area contributed by atoms with E-state index in [1.54, 1.807) is 0 Å². The van der Waals surface area contributed by atoms with Crippen molar-refractivity contribution >= 4 is 0 Å². The molecule has 0 spiro atoms. The van der Waals surface area contributed by atoms with E-state index in [9.17, 15) is 0 Å². The van der Waals surface area contributed by atoms with E-state index in [1.807, 2.05) is 0 Å². The van der Waals surface area contributed by atoms with Crippen LogP contribution >= 0.6 is 0 Å². The quantitative estimate of drug-likeness (QED) is 0.492. The second-order valence-electron chi connectivity index (χ2n) is 2.50. The van der Waals surface area contributed by atoms with Gasteiger partial charge in [0.15, 0.2) is 0 Å². The van der Waals surface area contributed by atoms with Gasteiger partial charge in [-0.15, -0.1) is 0 Å². The Balaban J connectivity index is 1.79. The predicted octanol–water partition coefficient (Wildman–Crippen LogP) is 0.422. The Morgan fingerprint density at radius 1 is 1.25 bits per heavy atom. The summed E-state index contributed by atoms with van der Waals surface area (Å²) >= 11 is 0. The Hall–Kier alpha value is -0.0800. The first kappa shape index (κ1) is 4.77. The smallest absolute Gasteiger partial charge is 0.0669 e. The average Bonchev–Trinajstić information content (AvgIpc) is 1.47. The average molecular weight is 114 g/mol. The minimum absolute atomic E-state index is 0.559. The summed E-state index contributed by atoms with van der Waals surface area (Å²) < 4.78 is 10.3. The highest BCUT2D eigenvalue weighted by molar-refractivity contribution is 4.79. The number of rotatable bonds is 1. The van der Waals surface area contributed by atoms with Crippen LogP contribution in [-0.4, -0.2) is 25.9 Å². The van der Waals surface area contributed by atoms with E-state index in [-0.39, 0.29) is 0 Å². The van der Waals surface area contributed by atoms with Crippen LogP contribution in [0.5, 0.6) is 0 Å². The lowest BCUT2D eigenvalue weighted by Crippen LogP contribution is -2.44. The molecule has 8 heavy (non-hydrogen) atoms. The van der Waals surface area contributed by atoms with Crippen LogP contribution in [0.25, 0.3) is 0 Å². The van der Waals surface area contributed by atoms with Crippen LogP contribution in [0.4, 0.5) is 0 Å². The van der Waals surface area contributed by atoms with Crippen LogP contribution in [0.3, 0.4) is 0 Å². The van der Waals surface area contributed by atoms with Crippen molar-refractivity contribution in [2.24, 2.45) is 5.92 Å². The predicted molar refractivity (Wildman–Crippen MR) is 28.7 cm³/mol. The van der Waals surface area contributed by atoms with Gasteiger partial charge in [-0.1, -0.05) is 0 Å². The van der Waals surface area contributed by atoms with E-state index in [2.05, 4.69) is 0 Å². The Kier molecular flexibility index (Phi) is 1.02. The topological polar surface area (TPSA) is 18.5 Å². The molecule has 2 fully saturated rings. The van der Waals surface area contributed by atoms with Gasteiger partial charge >= 0.3 is 0 Å². The fourth-order valence-corrected chi connectivity index (χ4v) is 1.09. The zero-order valence-corrected chi connectivity index (χ0v) is 4.80. The fraction of sp³-hybridized carbons (Fsp3) is 1.00. The lowest BCUT2D eigenvalue weighted by Gasteiger charge is -2.38. The molecule has 0 bridgehead atoms. The van der Waals surface area contributed by atoms with Crippen LogP contribution in [0.1, 0.15) is 6.42 Å². The fourth-order valence-electron chi connectivity index (χ4n) is 1.09. The molecule has 0 amide bonds. The second-order valence-corrected chi connectivity index (χ2v) is 2.50. The molecule has 2 aliphatic heterocycles. The third-order valence-corrected chi connectivity index (χ3v) is 1.92. The van der Waals surface area contributed by atoms with Crippen molar-refractivity contribution in [2.75, 3.05) is 19.8 Å². The van der Waals surface area contributed by atoms with E-state index in [1.165, 1.54) is 6.42 Å². The van der Waals surface area contributed by atoms with Crippen molar-refractivity contribution in [3.8, 4) is 0 Å². The molecule has 1 atom stereocenters. The maximum Gasteiger partial charge on any atom is 0.0669 e. The molecular formula is C6H10O2. The largest absolute Gasteiger partial charge is 0.380 e. The second kappa shape index (κ2) is 1.71. The first-order valence-electron chi connectivity index (χ1n) is 3.16. The highest BCUT2D eigenvalue weighted by Crippen LogP contribution is 2.25. The van der Waals surface area contributed by atoms with Gasteiger partial charge in [-0.05, 0) is 6.42 Å². The van der Waals surface area contributed by atoms with Gasteiger partial charge in [0.05, 0.1) is 19.3 Å². The summed E-state index contributed by atoms with van der Waals surface area (Å²) in [4.78, 5) is 0. The van der Waals surface area contributed by atoms with Gasteiger partial charge in [0.2, 0.25) is 0 Å². The highest BCUT2D eigenvalue weighted by Gasteiger charge is 2.33. The summed E-state index contributed by atoms with van der Waals surface area (Å²) in [5, 5.41) is 0. The molecule has 46 valence electrons. The van der Waals surface area contributed by atoms with Gasteiger partial charge in [0.1, 0.15) is 0 Å². The third-order valence-electron chi connectivity index (χ3n) is 1.92. The zero-order valence-electron chi connectivity index (χ0n) is 4.80. The van der Waals surface area contributed by atoms with Crippen molar-refractivity contribution in [2.45, 2.75) is 12.5 Å². The zero-order chi connectivity index (χ0) is 5.40. The van der Waals surface area contributed by atoms with Crippen molar-refractivity contribution in [3.63, 3.8) is 0 Å². The van der Waals surface area contributed by atoms with E-state index in [0.717, 1.165) is 25.7 Å². The molecule has 0 radical (unpaired) electrons. The van der Waals surface area contributed by atoms with Crippen molar-refractivity contribution < 1.29 is 9.47 Å².